The molecule has 7 heteroatoms. The van der Waals surface area contributed by atoms with E-state index in [0.717, 1.165) is 12.8 Å². The Morgan fingerprint density at radius 3 is 2.75 bits per heavy atom. The molecule has 0 unspecified atom stereocenters. The van der Waals surface area contributed by atoms with Crippen LogP contribution in [0.4, 0.5) is 0 Å². The van der Waals surface area contributed by atoms with E-state index < -0.39 is 5.97 Å². The number of likely N-dealkylation sites (N-methyl/N-ethyl adjacent to an activating group) is 1. The fraction of sp³-hybridized carbons (Fsp3) is 0.615. The minimum Gasteiger partial charge on any atom is -0.480 e. The summed E-state index contributed by atoms with van der Waals surface area (Å²) < 4.78 is 5.03. The van der Waals surface area contributed by atoms with Crippen molar-refractivity contribution >= 4 is 11.9 Å². The number of aryl methyl sites for hydroxylation is 1. The van der Waals surface area contributed by atoms with E-state index in [9.17, 15) is 9.59 Å². The van der Waals surface area contributed by atoms with Crippen molar-refractivity contribution < 1.29 is 19.1 Å². The molecule has 1 amide bonds. The fourth-order valence-corrected chi connectivity index (χ4v) is 2.45. The number of carbonyl (C=O) groups excluding carboxylic acids is 1. The second kappa shape index (κ2) is 6.04. The second-order valence-electron chi connectivity index (χ2n) is 5.02. The first-order chi connectivity index (χ1) is 9.51. The van der Waals surface area contributed by atoms with Gasteiger partial charge in [0.15, 0.2) is 6.39 Å². The molecule has 1 saturated carbocycles. The first-order valence-electron chi connectivity index (χ1n) is 6.68. The zero-order valence-corrected chi connectivity index (χ0v) is 11.6. The monoisotopic (exact) mass is 281 g/mol. The molecule has 1 aromatic heterocycles. The first-order valence-corrected chi connectivity index (χ1v) is 6.68. The molecule has 2 N–H and O–H groups in total. The van der Waals surface area contributed by atoms with E-state index in [-0.39, 0.29) is 30.3 Å². The third-order valence-electron chi connectivity index (χ3n) is 3.66. The quantitative estimate of drug-likeness (QED) is 0.795. The van der Waals surface area contributed by atoms with Crippen LogP contribution < -0.4 is 5.32 Å². The van der Waals surface area contributed by atoms with Crippen molar-refractivity contribution in [3.63, 3.8) is 0 Å². The van der Waals surface area contributed by atoms with Gasteiger partial charge in [-0.15, -0.1) is 0 Å². The smallest absolute Gasteiger partial charge is 0.317 e. The van der Waals surface area contributed by atoms with E-state index in [4.69, 9.17) is 9.52 Å². The van der Waals surface area contributed by atoms with Gasteiger partial charge >= 0.3 is 5.97 Å². The van der Waals surface area contributed by atoms with E-state index in [1.807, 2.05) is 11.8 Å². The van der Waals surface area contributed by atoms with Gasteiger partial charge in [0.05, 0.1) is 12.2 Å². The molecule has 1 aliphatic carbocycles. The van der Waals surface area contributed by atoms with Crippen LogP contribution in [-0.4, -0.2) is 52.0 Å². The lowest BCUT2D eigenvalue weighted by atomic mass is 9.85. The van der Waals surface area contributed by atoms with Crippen LogP contribution in [0.5, 0.6) is 0 Å². The summed E-state index contributed by atoms with van der Waals surface area (Å²) in [5, 5.41) is 11.7. The van der Waals surface area contributed by atoms with Crippen LogP contribution in [-0.2, 0) is 4.79 Å². The molecule has 1 heterocycles. The van der Waals surface area contributed by atoms with Gasteiger partial charge in [0.2, 0.25) is 5.76 Å². The maximum Gasteiger partial charge on any atom is 0.317 e. The molecule has 0 spiro atoms. The maximum absolute atomic E-state index is 11.9. The average Bonchev–Trinajstić information content (AvgIpc) is 2.76. The lowest BCUT2D eigenvalue weighted by Crippen LogP contribution is -2.54. The van der Waals surface area contributed by atoms with E-state index in [1.165, 1.54) is 6.39 Å². The number of oxazole rings is 1. The minimum atomic E-state index is -0.823. The predicted molar refractivity (Wildman–Crippen MR) is 70.4 cm³/mol. The molecule has 1 aromatic rings. The lowest BCUT2D eigenvalue weighted by molar-refractivity contribution is -0.139. The summed E-state index contributed by atoms with van der Waals surface area (Å²) in [6.07, 6.45) is 2.78. The normalized spacial score (nSPS) is 21.6. The molecule has 7 nitrogen and oxygen atoms in total. The second-order valence-corrected chi connectivity index (χ2v) is 5.02. The van der Waals surface area contributed by atoms with Gasteiger partial charge in [0.1, 0.15) is 0 Å². The minimum absolute atomic E-state index is 0.0447. The molecule has 1 aliphatic rings. The maximum atomic E-state index is 11.9. The highest BCUT2D eigenvalue weighted by atomic mass is 16.4. The molecule has 2 rings (SSSR count). The highest BCUT2D eigenvalue weighted by Gasteiger charge is 2.35. The van der Waals surface area contributed by atoms with Gasteiger partial charge in [-0.2, -0.15) is 0 Å². The number of nitrogens with one attached hydrogen (secondary N) is 1. The van der Waals surface area contributed by atoms with Gasteiger partial charge in [-0.1, -0.05) is 6.92 Å². The van der Waals surface area contributed by atoms with Gasteiger partial charge in [-0.05, 0) is 26.3 Å². The van der Waals surface area contributed by atoms with Crippen LogP contribution in [0.1, 0.15) is 36.0 Å². The van der Waals surface area contributed by atoms with Crippen molar-refractivity contribution in [1.82, 2.24) is 15.2 Å². The zero-order valence-electron chi connectivity index (χ0n) is 11.6. The highest BCUT2D eigenvalue weighted by molar-refractivity contribution is 5.92. The van der Waals surface area contributed by atoms with Crippen LogP contribution in [0, 0.1) is 6.92 Å². The largest absolute Gasteiger partial charge is 0.480 e. The number of nitrogens with zero attached hydrogens (tertiary/aromatic N) is 2. The summed E-state index contributed by atoms with van der Waals surface area (Å²) in [5.74, 6) is -0.840. The Hall–Kier alpha value is -1.89. The number of carboxylic acid groups (broad SMARTS) is 1. The molecule has 0 saturated heterocycles. The van der Waals surface area contributed by atoms with Gasteiger partial charge in [-0.3, -0.25) is 14.5 Å². The molecular weight excluding hydrogens is 262 g/mol. The predicted octanol–water partition coefficient (Wildman–Crippen LogP) is 0.650. The third-order valence-corrected chi connectivity index (χ3v) is 3.66. The fourth-order valence-electron chi connectivity index (χ4n) is 2.45. The lowest BCUT2D eigenvalue weighted by Gasteiger charge is -2.42. The van der Waals surface area contributed by atoms with Gasteiger partial charge in [-0.25, -0.2) is 4.98 Å². The first kappa shape index (κ1) is 14.5. The average molecular weight is 281 g/mol. The Bertz CT molecular complexity index is 494. The number of aromatic nitrogens is 1. The topological polar surface area (TPSA) is 95.7 Å². The summed E-state index contributed by atoms with van der Waals surface area (Å²) in [6, 6.07) is 0.289. The van der Waals surface area contributed by atoms with Crippen LogP contribution >= 0.6 is 0 Å². The molecule has 0 aliphatic heterocycles. The van der Waals surface area contributed by atoms with Crippen LogP contribution in [0.3, 0.4) is 0 Å². The van der Waals surface area contributed by atoms with Gasteiger partial charge in [0.25, 0.3) is 5.91 Å². The van der Waals surface area contributed by atoms with Crippen molar-refractivity contribution in [2.24, 2.45) is 0 Å². The number of carbonyl (C=O) groups is 2. The number of carboxylic acids is 1. The Morgan fingerprint density at radius 1 is 1.55 bits per heavy atom. The Morgan fingerprint density at radius 2 is 2.25 bits per heavy atom. The Labute approximate surface area is 117 Å². The molecule has 0 radical (unpaired) electrons. The molecule has 110 valence electrons. The van der Waals surface area contributed by atoms with E-state index in [1.54, 1.807) is 6.92 Å². The van der Waals surface area contributed by atoms with Crippen LogP contribution in [0.25, 0.3) is 0 Å². The molecule has 1 fully saturated rings. The van der Waals surface area contributed by atoms with E-state index in [2.05, 4.69) is 10.3 Å². The number of rotatable bonds is 6. The van der Waals surface area contributed by atoms with E-state index >= 15 is 0 Å². The Kier molecular flexibility index (Phi) is 4.39. The van der Waals surface area contributed by atoms with E-state index in [0.29, 0.717) is 12.2 Å². The van der Waals surface area contributed by atoms with Crippen LogP contribution in [0.2, 0.25) is 0 Å². The number of aliphatic carboxylic acids is 1. The summed E-state index contributed by atoms with van der Waals surface area (Å²) in [7, 11) is 0. The highest BCUT2D eigenvalue weighted by Crippen LogP contribution is 2.26. The summed E-state index contributed by atoms with van der Waals surface area (Å²) >= 11 is 0. The van der Waals surface area contributed by atoms with Crippen molar-refractivity contribution in [3.05, 3.63) is 17.8 Å². The summed E-state index contributed by atoms with van der Waals surface area (Å²) in [4.78, 5) is 28.4. The Balaban J connectivity index is 1.80. The zero-order chi connectivity index (χ0) is 14.7. The van der Waals surface area contributed by atoms with Crippen molar-refractivity contribution in [3.8, 4) is 0 Å². The third kappa shape index (κ3) is 3.16. The molecule has 20 heavy (non-hydrogen) atoms. The van der Waals surface area contributed by atoms with Crippen molar-refractivity contribution in [2.75, 3.05) is 13.1 Å². The molecule has 0 aromatic carbocycles. The van der Waals surface area contributed by atoms with Crippen molar-refractivity contribution in [2.45, 2.75) is 38.8 Å². The molecular formula is C13H19N3O4. The van der Waals surface area contributed by atoms with Crippen molar-refractivity contribution in [1.29, 1.82) is 0 Å². The van der Waals surface area contributed by atoms with Crippen LogP contribution in [0.15, 0.2) is 10.8 Å². The summed E-state index contributed by atoms with van der Waals surface area (Å²) in [6.45, 7) is 4.39. The van der Waals surface area contributed by atoms with Gasteiger partial charge in [0, 0.05) is 12.1 Å². The molecule has 0 atom stereocenters. The summed E-state index contributed by atoms with van der Waals surface area (Å²) in [5.41, 5.74) is 0.569. The standard InChI is InChI=1S/C13H19N3O4/c1-3-16(6-11(17)18)10-4-9(5-10)15-13(19)12-8(2)14-7-20-12/h7,9-10H,3-6H2,1-2H3,(H,15,19)(H,17,18). The number of amides is 1. The molecule has 0 bridgehead atoms. The number of hydrogen-bond acceptors (Lipinski definition) is 5. The SMILES string of the molecule is CCN(CC(=O)O)C1CC(NC(=O)c2ocnc2C)C1. The van der Waals surface area contributed by atoms with Gasteiger partial charge < -0.3 is 14.8 Å². The number of hydrogen-bond donors (Lipinski definition) is 2.